The Hall–Kier alpha value is -3.51. The van der Waals surface area contributed by atoms with Crippen molar-refractivity contribution in [3.63, 3.8) is 0 Å². The molecule has 1 aliphatic heterocycles. The molecule has 1 aromatic heterocycles. The Morgan fingerprint density at radius 1 is 1.35 bits per heavy atom. The zero-order valence-electron chi connectivity index (χ0n) is 16.8. The zero-order chi connectivity index (χ0) is 23.0. The number of carbonyl (C=O) groups excluding carboxylic acids is 2. The predicted octanol–water partition coefficient (Wildman–Crippen LogP) is -1.96. The molecule has 2 amide bonds. The van der Waals surface area contributed by atoms with Gasteiger partial charge in [-0.1, -0.05) is 17.7 Å². The molecule has 2 rings (SSSR count). The first-order valence-corrected chi connectivity index (χ1v) is 9.59. The van der Waals surface area contributed by atoms with Gasteiger partial charge in [0.2, 0.25) is 11.8 Å². The second-order valence-electron chi connectivity index (χ2n) is 7.09. The first-order valence-electron chi connectivity index (χ1n) is 9.59. The van der Waals surface area contributed by atoms with Crippen LogP contribution in [0.5, 0.6) is 0 Å². The molecular formula is C19H27N7O5. The van der Waals surface area contributed by atoms with Gasteiger partial charge in [-0.05, 0) is 12.5 Å². The number of hydrogen-bond donors (Lipinski definition) is 7. The third-order valence-electron chi connectivity index (χ3n) is 4.73. The number of hydrogen-bond acceptors (Lipinski definition) is 7. The normalized spacial score (nSPS) is 16.1. The average molecular weight is 433 g/mol. The van der Waals surface area contributed by atoms with Crippen LogP contribution in [0.1, 0.15) is 24.5 Å². The molecule has 0 aliphatic carbocycles. The van der Waals surface area contributed by atoms with Crippen LogP contribution in [0, 0.1) is 5.41 Å². The van der Waals surface area contributed by atoms with Crippen LogP contribution in [-0.2, 0) is 14.4 Å². The first-order chi connectivity index (χ1) is 14.7. The second kappa shape index (κ2) is 11.0. The van der Waals surface area contributed by atoms with Gasteiger partial charge in [0, 0.05) is 44.0 Å². The molecule has 12 nitrogen and oxygen atoms in total. The summed E-state index contributed by atoms with van der Waals surface area (Å²) in [6.07, 6.45) is 3.27. The van der Waals surface area contributed by atoms with Crippen molar-refractivity contribution in [2.24, 2.45) is 11.5 Å². The standard InChI is InChI=1S/C19H27N7O5/c20-13(8-11-4-7-26(10-11)19(21)22)17(29)24-6-3-14(27)25-15(18(30)31)16(28)12-2-1-5-23-9-12/h1-2,4-5,9,13,15-16,28H,3,6-8,10,20H2,(H3,21,22)(H,24,29)(H,25,27)(H,30,31). The Morgan fingerprint density at radius 3 is 2.68 bits per heavy atom. The van der Waals surface area contributed by atoms with Crippen molar-refractivity contribution >= 4 is 23.7 Å². The van der Waals surface area contributed by atoms with E-state index in [4.69, 9.17) is 16.9 Å². The van der Waals surface area contributed by atoms with Crippen molar-refractivity contribution < 1.29 is 24.6 Å². The summed E-state index contributed by atoms with van der Waals surface area (Å²) in [5.74, 6) is -2.57. The quantitative estimate of drug-likeness (QED) is 0.124. The number of carboxylic acid groups (broad SMARTS) is 1. The van der Waals surface area contributed by atoms with Crippen LogP contribution in [0.3, 0.4) is 0 Å². The van der Waals surface area contributed by atoms with E-state index >= 15 is 0 Å². The highest BCUT2D eigenvalue weighted by atomic mass is 16.4. The minimum Gasteiger partial charge on any atom is -0.480 e. The number of aromatic nitrogens is 1. The number of guanidine groups is 1. The summed E-state index contributed by atoms with van der Waals surface area (Å²) < 4.78 is 0. The number of aliphatic hydroxyl groups excluding tert-OH is 1. The van der Waals surface area contributed by atoms with Crippen molar-refractivity contribution in [3.05, 3.63) is 41.7 Å². The smallest absolute Gasteiger partial charge is 0.329 e. The lowest BCUT2D eigenvalue weighted by Crippen LogP contribution is -2.46. The van der Waals surface area contributed by atoms with E-state index in [1.165, 1.54) is 24.5 Å². The molecule has 3 atom stereocenters. The number of amides is 2. The molecule has 2 heterocycles. The molecule has 0 bridgehead atoms. The van der Waals surface area contributed by atoms with E-state index in [1.807, 2.05) is 6.08 Å². The highest BCUT2D eigenvalue weighted by Gasteiger charge is 2.29. The maximum atomic E-state index is 12.1. The number of rotatable bonds is 10. The van der Waals surface area contributed by atoms with Gasteiger partial charge in [-0.3, -0.25) is 20.0 Å². The molecule has 0 fully saturated rings. The molecule has 1 aliphatic rings. The third-order valence-corrected chi connectivity index (χ3v) is 4.73. The zero-order valence-corrected chi connectivity index (χ0v) is 16.8. The summed E-state index contributed by atoms with van der Waals surface area (Å²) in [6, 6.07) is 0.641. The average Bonchev–Trinajstić information content (AvgIpc) is 3.20. The third kappa shape index (κ3) is 7.04. The lowest BCUT2D eigenvalue weighted by Gasteiger charge is -2.20. The fourth-order valence-electron chi connectivity index (χ4n) is 3.02. The van der Waals surface area contributed by atoms with Crippen LogP contribution in [0.25, 0.3) is 0 Å². The Balaban J connectivity index is 1.76. The van der Waals surface area contributed by atoms with Crippen LogP contribution in [0.2, 0.25) is 0 Å². The highest BCUT2D eigenvalue weighted by molar-refractivity contribution is 5.85. The van der Waals surface area contributed by atoms with Gasteiger partial charge in [0.15, 0.2) is 12.0 Å². The number of pyridine rings is 1. The summed E-state index contributed by atoms with van der Waals surface area (Å²) in [7, 11) is 0. The van der Waals surface area contributed by atoms with E-state index in [9.17, 15) is 24.6 Å². The molecule has 12 heteroatoms. The minimum atomic E-state index is -1.56. The van der Waals surface area contributed by atoms with Crippen molar-refractivity contribution in [3.8, 4) is 0 Å². The van der Waals surface area contributed by atoms with Gasteiger partial charge in [0.05, 0.1) is 6.04 Å². The van der Waals surface area contributed by atoms with Gasteiger partial charge in [-0.15, -0.1) is 0 Å². The van der Waals surface area contributed by atoms with Crippen molar-refractivity contribution in [1.29, 1.82) is 5.41 Å². The summed E-state index contributed by atoms with van der Waals surface area (Å²) >= 11 is 0. The lowest BCUT2D eigenvalue weighted by molar-refractivity contribution is -0.145. The molecule has 0 radical (unpaired) electrons. The van der Waals surface area contributed by atoms with Gasteiger partial charge >= 0.3 is 5.97 Å². The van der Waals surface area contributed by atoms with Crippen LogP contribution in [0.4, 0.5) is 0 Å². The fraction of sp³-hybridized carbons (Fsp3) is 0.421. The van der Waals surface area contributed by atoms with Gasteiger partial charge in [-0.25, -0.2) is 4.79 Å². The Morgan fingerprint density at radius 2 is 2.10 bits per heavy atom. The largest absolute Gasteiger partial charge is 0.480 e. The molecule has 3 unspecified atom stereocenters. The van der Waals surface area contributed by atoms with Crippen LogP contribution >= 0.6 is 0 Å². The molecule has 1 aromatic rings. The Kier molecular flexibility index (Phi) is 8.46. The van der Waals surface area contributed by atoms with E-state index in [0.29, 0.717) is 19.5 Å². The van der Waals surface area contributed by atoms with Crippen molar-refractivity contribution in [1.82, 2.24) is 20.5 Å². The highest BCUT2D eigenvalue weighted by Crippen LogP contribution is 2.16. The Labute approximate surface area is 178 Å². The first kappa shape index (κ1) is 23.8. The molecule has 31 heavy (non-hydrogen) atoms. The monoisotopic (exact) mass is 433 g/mol. The number of aliphatic carboxylic acids is 1. The van der Waals surface area contributed by atoms with Crippen LogP contribution < -0.4 is 22.1 Å². The molecule has 0 spiro atoms. The fourth-order valence-corrected chi connectivity index (χ4v) is 3.02. The Bertz CT molecular complexity index is 845. The van der Waals surface area contributed by atoms with Gasteiger partial charge < -0.3 is 37.2 Å². The van der Waals surface area contributed by atoms with Crippen molar-refractivity contribution in [2.75, 3.05) is 19.6 Å². The summed E-state index contributed by atoms with van der Waals surface area (Å²) in [6.45, 7) is 0.885. The number of carboxylic acids is 1. The molecular weight excluding hydrogens is 406 g/mol. The van der Waals surface area contributed by atoms with Gasteiger partial charge in [0.25, 0.3) is 0 Å². The molecule has 0 aromatic carbocycles. The predicted molar refractivity (Wildman–Crippen MR) is 111 cm³/mol. The molecule has 0 saturated carbocycles. The SMILES string of the molecule is N=C(N)N1CC=C(CC(N)C(=O)NCCC(=O)NC(C(=O)O)C(O)c2cccnc2)C1. The van der Waals surface area contributed by atoms with E-state index in [1.54, 1.807) is 4.90 Å². The van der Waals surface area contributed by atoms with Gasteiger partial charge in [0.1, 0.15) is 6.10 Å². The number of aliphatic hydroxyl groups is 1. The topological polar surface area (TPSA) is 208 Å². The molecule has 9 N–H and O–H groups in total. The number of carbonyl (C=O) groups is 3. The molecule has 0 saturated heterocycles. The number of nitrogens with two attached hydrogens (primary N) is 2. The summed E-state index contributed by atoms with van der Waals surface area (Å²) in [5.41, 5.74) is 12.4. The number of nitrogens with zero attached hydrogens (tertiary/aromatic N) is 2. The molecule has 168 valence electrons. The van der Waals surface area contributed by atoms with E-state index < -0.39 is 36.0 Å². The van der Waals surface area contributed by atoms with Gasteiger partial charge in [-0.2, -0.15) is 0 Å². The van der Waals surface area contributed by atoms with E-state index in [-0.39, 0.29) is 24.5 Å². The lowest BCUT2D eigenvalue weighted by atomic mass is 10.0. The maximum Gasteiger partial charge on any atom is 0.329 e. The maximum absolute atomic E-state index is 12.1. The van der Waals surface area contributed by atoms with E-state index in [2.05, 4.69) is 15.6 Å². The second-order valence-corrected chi connectivity index (χ2v) is 7.09. The summed E-state index contributed by atoms with van der Waals surface area (Å²) in [5, 5.41) is 31.7. The van der Waals surface area contributed by atoms with Crippen LogP contribution in [0.15, 0.2) is 36.2 Å². The van der Waals surface area contributed by atoms with Crippen molar-refractivity contribution in [2.45, 2.75) is 31.0 Å². The number of nitrogens with one attached hydrogen (secondary N) is 3. The van der Waals surface area contributed by atoms with Crippen LogP contribution in [-0.4, -0.2) is 75.6 Å². The minimum absolute atomic E-state index is 0.0493. The summed E-state index contributed by atoms with van der Waals surface area (Å²) in [4.78, 5) is 41.1. The van der Waals surface area contributed by atoms with E-state index in [0.717, 1.165) is 5.57 Å².